The van der Waals surface area contributed by atoms with Crippen LogP contribution in [0.15, 0.2) is 42.5 Å². The summed E-state index contributed by atoms with van der Waals surface area (Å²) in [5.41, 5.74) is 1.65. The number of hydrogen-bond acceptors (Lipinski definition) is 3. The summed E-state index contributed by atoms with van der Waals surface area (Å²) in [7, 11) is -3.49. The van der Waals surface area contributed by atoms with Crippen molar-refractivity contribution in [3.05, 3.63) is 59.4 Å². The average Bonchev–Trinajstić information content (AvgIpc) is 2.89. The third-order valence-electron chi connectivity index (χ3n) is 3.96. The van der Waals surface area contributed by atoms with Gasteiger partial charge in [-0.05, 0) is 43.2 Å². The van der Waals surface area contributed by atoms with E-state index in [4.69, 9.17) is 0 Å². The molecule has 3 rings (SSSR count). The Balaban J connectivity index is 1.89. The molecule has 0 aromatic heterocycles. The molecule has 1 aliphatic rings. The van der Waals surface area contributed by atoms with Crippen molar-refractivity contribution in [3.63, 3.8) is 0 Å². The molecular weight excluding hydrogens is 331 g/mol. The minimum absolute atomic E-state index is 0.00619. The van der Waals surface area contributed by atoms with Crippen molar-refractivity contribution in [2.24, 2.45) is 0 Å². The predicted molar refractivity (Wildman–Crippen MR) is 91.3 cm³/mol. The Morgan fingerprint density at radius 3 is 2.62 bits per heavy atom. The molecule has 126 valence electrons. The highest BCUT2D eigenvalue weighted by Gasteiger charge is 2.30. The van der Waals surface area contributed by atoms with Crippen LogP contribution in [-0.2, 0) is 10.0 Å². The molecule has 24 heavy (non-hydrogen) atoms. The van der Waals surface area contributed by atoms with E-state index in [1.54, 1.807) is 12.1 Å². The Bertz CT molecular complexity index is 896. The van der Waals surface area contributed by atoms with Crippen LogP contribution in [0.25, 0.3) is 0 Å². The summed E-state index contributed by atoms with van der Waals surface area (Å²) in [4.78, 5) is 12.3. The maximum atomic E-state index is 14.1. The quantitative estimate of drug-likeness (QED) is 0.927. The highest BCUT2D eigenvalue weighted by atomic mass is 32.2. The molecule has 1 N–H and O–H groups in total. The van der Waals surface area contributed by atoms with Crippen LogP contribution in [0.1, 0.15) is 22.3 Å². The molecule has 2 aromatic rings. The number of carbonyl (C=O) groups is 1. The van der Waals surface area contributed by atoms with Crippen molar-refractivity contribution in [1.29, 1.82) is 0 Å². The maximum absolute atomic E-state index is 14.1. The van der Waals surface area contributed by atoms with E-state index in [0.717, 1.165) is 15.9 Å². The van der Waals surface area contributed by atoms with Crippen LogP contribution in [0.4, 0.5) is 15.8 Å². The first-order valence-corrected chi connectivity index (χ1v) is 9.16. The van der Waals surface area contributed by atoms with Crippen molar-refractivity contribution < 1.29 is 17.6 Å². The Morgan fingerprint density at radius 2 is 1.96 bits per heavy atom. The lowest BCUT2D eigenvalue weighted by Gasteiger charge is -2.18. The van der Waals surface area contributed by atoms with E-state index in [0.29, 0.717) is 17.7 Å². The number of nitrogens with one attached hydrogen (secondary N) is 1. The summed E-state index contributed by atoms with van der Waals surface area (Å²) in [6, 6.07) is 11.0. The van der Waals surface area contributed by atoms with Gasteiger partial charge in [-0.3, -0.25) is 9.10 Å². The van der Waals surface area contributed by atoms with Gasteiger partial charge < -0.3 is 5.32 Å². The summed E-state index contributed by atoms with van der Waals surface area (Å²) >= 11 is 0. The average molecular weight is 348 g/mol. The van der Waals surface area contributed by atoms with Crippen LogP contribution in [0, 0.1) is 12.7 Å². The zero-order valence-electron chi connectivity index (χ0n) is 13.1. The fourth-order valence-electron chi connectivity index (χ4n) is 2.72. The van der Waals surface area contributed by atoms with Crippen LogP contribution < -0.4 is 9.62 Å². The molecule has 5 nitrogen and oxygen atoms in total. The van der Waals surface area contributed by atoms with Gasteiger partial charge in [0.15, 0.2) is 0 Å². The van der Waals surface area contributed by atoms with Gasteiger partial charge >= 0.3 is 0 Å². The van der Waals surface area contributed by atoms with E-state index < -0.39 is 15.8 Å². The molecule has 1 saturated heterocycles. The maximum Gasteiger partial charge on any atom is 0.255 e. The molecule has 0 radical (unpaired) electrons. The first kappa shape index (κ1) is 16.4. The van der Waals surface area contributed by atoms with Crippen LogP contribution in [-0.4, -0.2) is 26.6 Å². The number of halogens is 1. The Labute approximate surface area is 140 Å². The lowest BCUT2D eigenvalue weighted by Crippen LogP contribution is -2.26. The lowest BCUT2D eigenvalue weighted by molar-refractivity contribution is 0.102. The topological polar surface area (TPSA) is 66.5 Å². The lowest BCUT2D eigenvalue weighted by atomic mass is 10.1. The molecule has 1 heterocycles. The zero-order valence-corrected chi connectivity index (χ0v) is 13.9. The van der Waals surface area contributed by atoms with E-state index in [1.165, 1.54) is 12.1 Å². The van der Waals surface area contributed by atoms with E-state index >= 15 is 0 Å². The van der Waals surface area contributed by atoms with Crippen LogP contribution in [0.5, 0.6) is 0 Å². The van der Waals surface area contributed by atoms with Crippen LogP contribution in [0.3, 0.4) is 0 Å². The second-order valence-corrected chi connectivity index (χ2v) is 7.69. The van der Waals surface area contributed by atoms with Gasteiger partial charge in [0, 0.05) is 17.8 Å². The first-order chi connectivity index (χ1) is 11.4. The van der Waals surface area contributed by atoms with Gasteiger partial charge in [-0.2, -0.15) is 0 Å². The number of carbonyl (C=O) groups excluding carboxylic acids is 1. The molecule has 0 atom stereocenters. The van der Waals surface area contributed by atoms with Crippen LogP contribution >= 0.6 is 0 Å². The van der Waals surface area contributed by atoms with Crippen molar-refractivity contribution >= 4 is 27.3 Å². The van der Waals surface area contributed by atoms with Crippen molar-refractivity contribution in [2.75, 3.05) is 21.9 Å². The minimum Gasteiger partial charge on any atom is -0.322 e. The van der Waals surface area contributed by atoms with Crippen molar-refractivity contribution in [3.8, 4) is 0 Å². The van der Waals surface area contributed by atoms with E-state index in [2.05, 4.69) is 5.32 Å². The van der Waals surface area contributed by atoms with Gasteiger partial charge in [0.1, 0.15) is 5.82 Å². The normalized spacial score (nSPS) is 16.2. The highest BCUT2D eigenvalue weighted by Crippen LogP contribution is 2.29. The van der Waals surface area contributed by atoms with E-state index in [1.807, 2.05) is 19.1 Å². The fourth-order valence-corrected chi connectivity index (χ4v) is 4.28. The van der Waals surface area contributed by atoms with Gasteiger partial charge in [0.05, 0.1) is 11.4 Å². The standard InChI is InChI=1S/C17H17FN2O3S/c1-12-5-2-3-6-14(12)17(21)19-13-7-8-15(18)16(11-13)20-9-4-10-24(20,22)23/h2-3,5-8,11H,4,9-10H2,1H3,(H,19,21). The molecule has 1 amide bonds. The van der Waals surface area contributed by atoms with Crippen LogP contribution in [0.2, 0.25) is 0 Å². The van der Waals surface area contributed by atoms with E-state index in [-0.39, 0.29) is 23.9 Å². The van der Waals surface area contributed by atoms with Crippen molar-refractivity contribution in [2.45, 2.75) is 13.3 Å². The minimum atomic E-state index is -3.49. The number of anilines is 2. The van der Waals surface area contributed by atoms with Gasteiger partial charge in [-0.1, -0.05) is 18.2 Å². The molecule has 0 saturated carbocycles. The molecule has 1 fully saturated rings. The number of sulfonamides is 1. The zero-order chi connectivity index (χ0) is 17.3. The summed E-state index contributed by atoms with van der Waals surface area (Å²) in [6.07, 6.45) is 0.460. The summed E-state index contributed by atoms with van der Waals surface area (Å²) < 4.78 is 39.1. The summed E-state index contributed by atoms with van der Waals surface area (Å²) in [5.74, 6) is -0.948. The second-order valence-electron chi connectivity index (χ2n) is 5.68. The number of benzene rings is 2. The highest BCUT2D eigenvalue weighted by molar-refractivity contribution is 7.93. The van der Waals surface area contributed by atoms with Gasteiger partial charge in [0.2, 0.25) is 10.0 Å². The molecule has 0 bridgehead atoms. The number of hydrogen-bond donors (Lipinski definition) is 1. The molecule has 7 heteroatoms. The SMILES string of the molecule is Cc1ccccc1C(=O)Nc1ccc(F)c(N2CCCS2(=O)=O)c1. The summed E-state index contributed by atoms with van der Waals surface area (Å²) in [5, 5.41) is 2.69. The number of aryl methyl sites for hydroxylation is 1. The van der Waals surface area contributed by atoms with Gasteiger partial charge in [0.25, 0.3) is 5.91 Å². The van der Waals surface area contributed by atoms with E-state index in [9.17, 15) is 17.6 Å². The molecule has 2 aromatic carbocycles. The molecular formula is C17H17FN2O3S. The number of amides is 1. The number of rotatable bonds is 3. The number of nitrogens with zero attached hydrogens (tertiary/aromatic N) is 1. The summed E-state index contributed by atoms with van der Waals surface area (Å²) in [6.45, 7) is 2.07. The molecule has 1 aliphatic heterocycles. The molecule has 0 spiro atoms. The smallest absolute Gasteiger partial charge is 0.255 e. The first-order valence-electron chi connectivity index (χ1n) is 7.55. The third-order valence-corrected chi connectivity index (χ3v) is 5.82. The third kappa shape index (κ3) is 3.12. The molecule has 0 unspecified atom stereocenters. The largest absolute Gasteiger partial charge is 0.322 e. The Hall–Kier alpha value is -2.41. The Morgan fingerprint density at radius 1 is 1.21 bits per heavy atom. The van der Waals surface area contributed by atoms with Gasteiger partial charge in [-0.25, -0.2) is 12.8 Å². The predicted octanol–water partition coefficient (Wildman–Crippen LogP) is 2.93. The monoisotopic (exact) mass is 348 g/mol. The second kappa shape index (κ2) is 6.24. The fraction of sp³-hybridized carbons (Fsp3) is 0.235. The molecule has 0 aliphatic carbocycles. The van der Waals surface area contributed by atoms with Gasteiger partial charge in [-0.15, -0.1) is 0 Å². The van der Waals surface area contributed by atoms with Crippen molar-refractivity contribution in [1.82, 2.24) is 0 Å². The Kier molecular flexibility index (Phi) is 4.28.